The van der Waals surface area contributed by atoms with E-state index in [-0.39, 0.29) is 18.1 Å². The number of carbonyl (C=O) groups is 1. The van der Waals surface area contributed by atoms with E-state index in [2.05, 4.69) is 27.5 Å². The Balaban J connectivity index is 1.56. The fourth-order valence-electron chi connectivity index (χ4n) is 3.10. The van der Waals surface area contributed by atoms with E-state index >= 15 is 0 Å². The number of β-lactam (4-membered cyclic amide) rings is 1. The first-order chi connectivity index (χ1) is 12.2. The fraction of sp³-hybridized carbons (Fsp3) is 0.778. The van der Waals surface area contributed by atoms with E-state index in [1.54, 1.807) is 0 Å². The molecule has 2 N–H and O–H groups in total. The molecule has 1 aromatic rings. The van der Waals surface area contributed by atoms with Gasteiger partial charge >= 0.3 is 0 Å². The van der Waals surface area contributed by atoms with Crippen LogP contribution in [0.3, 0.4) is 0 Å². The fourth-order valence-corrected chi connectivity index (χ4v) is 3.10. The Morgan fingerprint density at radius 3 is 2.84 bits per heavy atom. The number of nitrogens with zero attached hydrogens (tertiary/aromatic N) is 4. The Morgan fingerprint density at radius 2 is 2.12 bits per heavy atom. The van der Waals surface area contributed by atoms with Gasteiger partial charge in [0.2, 0.25) is 5.91 Å². The predicted octanol–water partition coefficient (Wildman–Crippen LogP) is 2.40. The molecule has 0 bridgehead atoms. The highest BCUT2D eigenvalue weighted by atomic mass is 16.3. The van der Waals surface area contributed by atoms with Gasteiger partial charge in [-0.1, -0.05) is 56.4 Å². The van der Waals surface area contributed by atoms with Gasteiger partial charge in [0.05, 0.1) is 18.6 Å². The lowest BCUT2D eigenvalue weighted by Crippen LogP contribution is -2.51. The van der Waals surface area contributed by atoms with Gasteiger partial charge in [-0.15, -0.1) is 10.2 Å². The van der Waals surface area contributed by atoms with Crippen molar-refractivity contribution in [3.05, 3.63) is 18.0 Å². The Kier molecular flexibility index (Phi) is 8.59. The van der Waals surface area contributed by atoms with Gasteiger partial charge < -0.3 is 10.0 Å². The van der Waals surface area contributed by atoms with Gasteiger partial charge in [0.25, 0.3) is 0 Å². The number of nitrogens with one attached hydrogen (secondary N) is 1. The van der Waals surface area contributed by atoms with Crippen molar-refractivity contribution < 1.29 is 9.90 Å². The zero-order chi connectivity index (χ0) is 17.9. The number of H-pyrrole nitrogens is 1. The number of hydrogen-bond donors (Lipinski definition) is 2. The van der Waals surface area contributed by atoms with Crippen LogP contribution in [-0.2, 0) is 11.2 Å². The topological polar surface area (TPSA) is 95.0 Å². The summed E-state index contributed by atoms with van der Waals surface area (Å²) in [5, 5.41) is 23.8. The second kappa shape index (κ2) is 11.0. The Hall–Kier alpha value is -1.76. The van der Waals surface area contributed by atoms with Crippen molar-refractivity contribution in [1.82, 2.24) is 25.5 Å². The van der Waals surface area contributed by atoms with E-state index in [0.29, 0.717) is 6.42 Å². The third kappa shape index (κ3) is 6.94. The number of carbonyl (C=O) groups excluding carboxylic acids is 1. The summed E-state index contributed by atoms with van der Waals surface area (Å²) in [4.78, 5) is 13.7. The molecule has 1 amide bonds. The highest BCUT2D eigenvalue weighted by molar-refractivity contribution is 5.83. The maximum atomic E-state index is 11.8. The van der Waals surface area contributed by atoms with Crippen molar-refractivity contribution in [2.24, 2.45) is 0 Å². The van der Waals surface area contributed by atoms with Gasteiger partial charge in [0.15, 0.2) is 5.82 Å². The number of aliphatic hydroxyl groups excluding tert-OH is 1. The summed E-state index contributed by atoms with van der Waals surface area (Å²) >= 11 is 0. The smallest absolute Gasteiger partial charge is 0.225 e. The molecule has 0 spiro atoms. The molecular formula is C18H31N5O2. The van der Waals surface area contributed by atoms with Crippen molar-refractivity contribution in [3.63, 3.8) is 0 Å². The number of amides is 1. The zero-order valence-corrected chi connectivity index (χ0v) is 15.2. The van der Waals surface area contributed by atoms with E-state index in [0.717, 1.165) is 70.2 Å². The van der Waals surface area contributed by atoms with Crippen molar-refractivity contribution in [3.8, 4) is 0 Å². The van der Waals surface area contributed by atoms with Gasteiger partial charge in [0.1, 0.15) is 0 Å². The summed E-state index contributed by atoms with van der Waals surface area (Å²) in [6, 6.07) is 0.174. The molecule has 1 aliphatic heterocycles. The molecule has 2 unspecified atom stereocenters. The quantitative estimate of drug-likeness (QED) is 0.324. The lowest BCUT2D eigenvalue weighted by molar-refractivity contribution is -0.143. The van der Waals surface area contributed by atoms with Crippen molar-refractivity contribution >= 4 is 5.91 Å². The largest absolute Gasteiger partial charge is 0.389 e. The molecule has 1 aromatic heterocycles. The van der Waals surface area contributed by atoms with Gasteiger partial charge in [-0.25, -0.2) is 0 Å². The maximum absolute atomic E-state index is 11.8. The third-order valence-corrected chi connectivity index (χ3v) is 4.70. The first-order valence-electron chi connectivity index (χ1n) is 9.59. The molecular weight excluding hydrogens is 318 g/mol. The number of hydrogen-bond acceptors (Lipinski definition) is 5. The summed E-state index contributed by atoms with van der Waals surface area (Å²) in [5.74, 6) is 0.988. The van der Waals surface area contributed by atoms with Gasteiger partial charge in [-0.2, -0.15) is 5.21 Å². The molecule has 0 aromatic carbocycles. The molecule has 1 fully saturated rings. The van der Waals surface area contributed by atoms with Crippen LogP contribution in [0.1, 0.15) is 70.5 Å². The molecule has 0 radical (unpaired) electrons. The van der Waals surface area contributed by atoms with E-state index in [1.807, 2.05) is 17.1 Å². The zero-order valence-electron chi connectivity index (χ0n) is 15.2. The number of unbranched alkanes of at least 4 members (excludes halogenated alkanes) is 5. The minimum Gasteiger partial charge on any atom is -0.389 e. The summed E-state index contributed by atoms with van der Waals surface area (Å²) in [5.41, 5.74) is 0. The molecule has 7 heteroatoms. The van der Waals surface area contributed by atoms with Crippen LogP contribution in [0.4, 0.5) is 0 Å². The molecule has 1 saturated heterocycles. The first-order valence-corrected chi connectivity index (χ1v) is 9.59. The van der Waals surface area contributed by atoms with Crippen LogP contribution in [0, 0.1) is 0 Å². The Morgan fingerprint density at radius 1 is 1.28 bits per heavy atom. The number of aromatic nitrogens is 4. The van der Waals surface area contributed by atoms with E-state index in [9.17, 15) is 9.90 Å². The van der Waals surface area contributed by atoms with Gasteiger partial charge in [0, 0.05) is 13.0 Å². The number of aliphatic hydroxyl groups is 1. The Labute approximate surface area is 149 Å². The number of aromatic amines is 1. The normalized spacial score (nSPS) is 18.7. The van der Waals surface area contributed by atoms with E-state index < -0.39 is 0 Å². The first kappa shape index (κ1) is 19.6. The van der Waals surface area contributed by atoms with Crippen molar-refractivity contribution in [2.75, 3.05) is 6.54 Å². The Bertz CT molecular complexity index is 518. The summed E-state index contributed by atoms with van der Waals surface area (Å²) in [6.45, 7) is 2.97. The average Bonchev–Trinajstić information content (AvgIpc) is 3.11. The standard InChI is InChI=1S/C18H31N5O2/c1-2-3-6-9-16(24)12-11-15-14-18(25)23(15)13-8-5-4-7-10-17-19-21-22-20-17/h11-12,15-16,24H,2-10,13-14H2,1H3,(H,19,20,21,22). The van der Waals surface area contributed by atoms with Crippen molar-refractivity contribution in [1.29, 1.82) is 0 Å². The number of likely N-dealkylation sites (tertiary alicyclic amines) is 1. The minimum atomic E-state index is -0.380. The molecule has 2 atom stereocenters. The van der Waals surface area contributed by atoms with Crippen molar-refractivity contribution in [2.45, 2.75) is 83.3 Å². The molecule has 1 aliphatic rings. The number of tetrazole rings is 1. The second-order valence-corrected chi connectivity index (χ2v) is 6.80. The van der Waals surface area contributed by atoms with Crippen LogP contribution in [-0.4, -0.2) is 55.2 Å². The molecule has 0 aliphatic carbocycles. The maximum Gasteiger partial charge on any atom is 0.225 e. The summed E-state index contributed by atoms with van der Waals surface area (Å²) in [7, 11) is 0. The van der Waals surface area contributed by atoms with Crippen LogP contribution >= 0.6 is 0 Å². The predicted molar refractivity (Wildman–Crippen MR) is 95.8 cm³/mol. The van der Waals surface area contributed by atoms with E-state index in [1.165, 1.54) is 0 Å². The lowest BCUT2D eigenvalue weighted by atomic mass is 9.99. The SMILES string of the molecule is CCCCCC(O)C=CC1CC(=O)N1CCCCCCc1nn[nH]n1. The molecule has 25 heavy (non-hydrogen) atoms. The summed E-state index contributed by atoms with van der Waals surface area (Å²) < 4.78 is 0. The average molecular weight is 349 g/mol. The second-order valence-electron chi connectivity index (χ2n) is 6.80. The van der Waals surface area contributed by atoms with Crippen LogP contribution in [0.25, 0.3) is 0 Å². The highest BCUT2D eigenvalue weighted by Crippen LogP contribution is 2.22. The number of rotatable bonds is 13. The lowest BCUT2D eigenvalue weighted by Gasteiger charge is -2.39. The van der Waals surface area contributed by atoms with Crippen LogP contribution in [0.5, 0.6) is 0 Å². The minimum absolute atomic E-state index is 0.174. The van der Waals surface area contributed by atoms with Crippen LogP contribution in [0.15, 0.2) is 12.2 Å². The summed E-state index contributed by atoms with van der Waals surface area (Å²) in [6.07, 6.45) is 13.4. The highest BCUT2D eigenvalue weighted by Gasteiger charge is 2.33. The monoisotopic (exact) mass is 349 g/mol. The van der Waals surface area contributed by atoms with Crippen LogP contribution in [0.2, 0.25) is 0 Å². The molecule has 7 nitrogen and oxygen atoms in total. The third-order valence-electron chi connectivity index (χ3n) is 4.70. The number of aryl methyl sites for hydroxylation is 1. The molecule has 0 saturated carbocycles. The molecule has 2 rings (SSSR count). The molecule has 2 heterocycles. The van der Waals surface area contributed by atoms with E-state index in [4.69, 9.17) is 0 Å². The van der Waals surface area contributed by atoms with Gasteiger partial charge in [-0.05, 0) is 19.3 Å². The molecule has 140 valence electrons. The van der Waals surface area contributed by atoms with Crippen LogP contribution < -0.4 is 0 Å². The van der Waals surface area contributed by atoms with Gasteiger partial charge in [-0.3, -0.25) is 4.79 Å².